The number of hydrogen-bond donors (Lipinski definition) is 0. The Bertz CT molecular complexity index is 515. The van der Waals surface area contributed by atoms with Crippen molar-refractivity contribution in [2.75, 3.05) is 0 Å². The molecule has 1 heterocycles. The second-order valence-electron chi connectivity index (χ2n) is 3.62. The van der Waals surface area contributed by atoms with Gasteiger partial charge in [0.25, 0.3) is 0 Å². The van der Waals surface area contributed by atoms with Crippen molar-refractivity contribution in [2.24, 2.45) is 0 Å². The van der Waals surface area contributed by atoms with Crippen LogP contribution in [0.15, 0.2) is 66.0 Å². The molecule has 0 amide bonds. The van der Waals surface area contributed by atoms with Gasteiger partial charge in [0.2, 0.25) is 0 Å². The Morgan fingerprint density at radius 2 is 1.47 bits per heavy atom. The van der Waals surface area contributed by atoms with Gasteiger partial charge in [-0.1, -0.05) is 54.6 Å². The van der Waals surface area contributed by atoms with E-state index in [-0.39, 0.29) is 5.82 Å². The van der Waals surface area contributed by atoms with Gasteiger partial charge in [-0.3, -0.25) is 0 Å². The number of benzene rings is 1. The molecule has 1 aromatic carbocycles. The van der Waals surface area contributed by atoms with E-state index in [2.05, 4.69) is 0 Å². The molecule has 17 heavy (non-hydrogen) atoms. The third-order valence-electron chi connectivity index (χ3n) is 2.34. The van der Waals surface area contributed by atoms with Crippen LogP contribution in [-0.4, -0.2) is 0 Å². The van der Waals surface area contributed by atoms with Crippen molar-refractivity contribution >= 4 is 11.3 Å². The van der Waals surface area contributed by atoms with Gasteiger partial charge in [0.1, 0.15) is 5.82 Å². The largest absolute Gasteiger partial charge is 0.206 e. The zero-order chi connectivity index (χ0) is 11.9. The average molecular weight is 244 g/mol. The lowest BCUT2D eigenvalue weighted by Gasteiger charge is -1.99. The molecule has 0 N–H and O–H groups in total. The number of rotatable bonds is 2. The van der Waals surface area contributed by atoms with E-state index in [0.717, 1.165) is 10.4 Å². The van der Waals surface area contributed by atoms with Crippen LogP contribution in [0.2, 0.25) is 0 Å². The summed E-state index contributed by atoms with van der Waals surface area (Å²) in [4.78, 5) is 0.743. The van der Waals surface area contributed by atoms with E-state index < -0.39 is 0 Å². The first-order valence-corrected chi connectivity index (χ1v) is 6.33. The molecule has 0 radical (unpaired) electrons. The van der Waals surface area contributed by atoms with Crippen molar-refractivity contribution in [3.63, 3.8) is 0 Å². The minimum Gasteiger partial charge on any atom is -0.206 e. The molecular weight excluding hydrogens is 231 g/mol. The second-order valence-corrected chi connectivity index (χ2v) is 4.62. The van der Waals surface area contributed by atoms with Crippen LogP contribution >= 0.6 is 11.3 Å². The summed E-state index contributed by atoms with van der Waals surface area (Å²) >= 11 is 1.44. The third-order valence-corrected chi connectivity index (χ3v) is 3.26. The summed E-state index contributed by atoms with van der Waals surface area (Å²) in [5.41, 5.74) is 1.12. The van der Waals surface area contributed by atoms with E-state index in [1.807, 2.05) is 53.9 Å². The zero-order valence-corrected chi connectivity index (χ0v) is 10.2. The van der Waals surface area contributed by atoms with Crippen LogP contribution in [0.25, 0.3) is 0 Å². The van der Waals surface area contributed by atoms with Crippen LogP contribution in [0.4, 0.5) is 4.39 Å². The molecule has 86 valence electrons. The molecule has 2 rings (SSSR count). The van der Waals surface area contributed by atoms with Gasteiger partial charge in [0.05, 0.1) is 0 Å². The molecule has 0 atom stereocenters. The molecule has 0 fully saturated rings. The van der Waals surface area contributed by atoms with Crippen LogP contribution in [0.5, 0.6) is 0 Å². The fourth-order valence-electron chi connectivity index (χ4n) is 1.49. The maximum absolute atomic E-state index is 13.9. The summed E-state index contributed by atoms with van der Waals surface area (Å²) in [6.07, 6.45) is 0.631. The smallest absolute Gasteiger partial charge is 0.136 e. The van der Waals surface area contributed by atoms with Gasteiger partial charge in [-0.05, 0) is 17.0 Å². The van der Waals surface area contributed by atoms with Gasteiger partial charge in [0.15, 0.2) is 0 Å². The van der Waals surface area contributed by atoms with E-state index in [4.69, 9.17) is 0 Å². The van der Waals surface area contributed by atoms with Crippen molar-refractivity contribution in [3.05, 3.63) is 82.3 Å². The van der Waals surface area contributed by atoms with E-state index in [9.17, 15) is 4.39 Å². The summed E-state index contributed by atoms with van der Waals surface area (Å²) < 4.78 is 13.9. The standard InChI is InChI=1S/C15H13FS/c16-14-10-6-1-2-7-11-17-15(14)12-13-8-4-3-5-9-13/h1-11H,12H2. The molecule has 0 unspecified atom stereocenters. The molecule has 0 saturated heterocycles. The van der Waals surface area contributed by atoms with Crippen LogP contribution in [-0.2, 0) is 6.42 Å². The van der Waals surface area contributed by atoms with Crippen molar-refractivity contribution < 1.29 is 4.39 Å². The van der Waals surface area contributed by atoms with E-state index in [0.29, 0.717) is 6.42 Å². The Balaban J connectivity index is 2.37. The first kappa shape index (κ1) is 11.8. The first-order valence-electron chi connectivity index (χ1n) is 5.45. The Morgan fingerprint density at radius 3 is 2.29 bits per heavy atom. The lowest BCUT2D eigenvalue weighted by molar-refractivity contribution is 0.620. The quantitative estimate of drug-likeness (QED) is 0.724. The Kier molecular flexibility index (Phi) is 4.28. The average Bonchev–Trinajstić information content (AvgIpc) is 2.45. The van der Waals surface area contributed by atoms with Crippen molar-refractivity contribution in [2.45, 2.75) is 6.42 Å². The molecular formula is C15H13FS. The fraction of sp³-hybridized carbons (Fsp3) is 0.0667. The van der Waals surface area contributed by atoms with Gasteiger partial charge in [-0.2, -0.15) is 0 Å². The molecule has 0 saturated carbocycles. The van der Waals surface area contributed by atoms with E-state index in [1.54, 1.807) is 6.07 Å². The predicted molar refractivity (Wildman–Crippen MR) is 71.2 cm³/mol. The topological polar surface area (TPSA) is 0 Å². The lowest BCUT2D eigenvalue weighted by Crippen LogP contribution is -1.87. The first-order chi connectivity index (χ1) is 8.36. The SMILES string of the molecule is Fc1ccccccsc1Cc1ccccc1. The van der Waals surface area contributed by atoms with Gasteiger partial charge in [-0.15, -0.1) is 11.3 Å². The van der Waals surface area contributed by atoms with Crippen LogP contribution < -0.4 is 0 Å². The van der Waals surface area contributed by atoms with Crippen molar-refractivity contribution in [1.82, 2.24) is 0 Å². The molecule has 2 aromatic rings. The van der Waals surface area contributed by atoms with E-state index in [1.165, 1.54) is 17.4 Å². The molecule has 1 aromatic heterocycles. The normalized spacial score (nSPS) is 9.71. The van der Waals surface area contributed by atoms with Gasteiger partial charge in [0, 0.05) is 11.3 Å². The molecule has 2 heteroatoms. The lowest BCUT2D eigenvalue weighted by atomic mass is 10.1. The van der Waals surface area contributed by atoms with Gasteiger partial charge in [-0.25, -0.2) is 4.39 Å². The Morgan fingerprint density at radius 1 is 0.824 bits per heavy atom. The van der Waals surface area contributed by atoms with Crippen LogP contribution in [0, 0.1) is 5.82 Å². The highest BCUT2D eigenvalue weighted by Gasteiger charge is 2.00. The van der Waals surface area contributed by atoms with Crippen LogP contribution in [0.3, 0.4) is 0 Å². The molecule has 0 aliphatic carbocycles. The second kappa shape index (κ2) is 6.16. The minimum atomic E-state index is -0.157. The van der Waals surface area contributed by atoms with E-state index >= 15 is 0 Å². The summed E-state index contributed by atoms with van der Waals surface area (Å²) in [5, 5.41) is 1.90. The van der Waals surface area contributed by atoms with Gasteiger partial charge < -0.3 is 0 Å². The van der Waals surface area contributed by atoms with Crippen molar-refractivity contribution in [1.29, 1.82) is 0 Å². The minimum absolute atomic E-state index is 0.157. The molecule has 0 bridgehead atoms. The summed E-state index contributed by atoms with van der Waals surface area (Å²) in [7, 11) is 0. The van der Waals surface area contributed by atoms with Crippen molar-refractivity contribution in [3.8, 4) is 0 Å². The molecule has 0 nitrogen and oxygen atoms in total. The zero-order valence-electron chi connectivity index (χ0n) is 9.34. The summed E-state index contributed by atoms with van der Waals surface area (Å²) in [6.45, 7) is 0. The highest BCUT2D eigenvalue weighted by molar-refractivity contribution is 7.09. The fourth-order valence-corrected chi connectivity index (χ4v) is 2.26. The predicted octanol–water partition coefficient (Wildman–Crippen LogP) is 4.60. The Hall–Kier alpha value is -1.67. The highest BCUT2D eigenvalue weighted by atomic mass is 32.1. The maximum atomic E-state index is 13.9. The maximum Gasteiger partial charge on any atom is 0.136 e. The van der Waals surface area contributed by atoms with Gasteiger partial charge >= 0.3 is 0 Å². The number of hydrogen-bond acceptors (Lipinski definition) is 1. The highest BCUT2D eigenvalue weighted by Crippen LogP contribution is 2.15. The van der Waals surface area contributed by atoms with Crippen LogP contribution in [0.1, 0.15) is 10.4 Å². The summed E-state index contributed by atoms with van der Waals surface area (Å²) in [6, 6.07) is 18.8. The molecule has 0 spiro atoms. The summed E-state index contributed by atoms with van der Waals surface area (Å²) in [5.74, 6) is -0.157. The monoisotopic (exact) mass is 244 g/mol. The molecule has 0 aliphatic rings. The Labute approximate surface area is 105 Å². The number of halogens is 1. The molecule has 0 aliphatic heterocycles. The third kappa shape index (κ3) is 3.68.